The van der Waals surface area contributed by atoms with Gasteiger partial charge in [0.2, 0.25) is 0 Å². The lowest BCUT2D eigenvalue weighted by atomic mass is 10.1. The Labute approximate surface area is 201 Å². The van der Waals surface area contributed by atoms with Crippen LogP contribution in [-0.2, 0) is 13.2 Å². The molecule has 1 amide bonds. The Morgan fingerprint density at radius 3 is 2.38 bits per heavy atom. The monoisotopic (exact) mass is 477 g/mol. The number of aromatic nitrogens is 2. The van der Waals surface area contributed by atoms with Crippen LogP contribution in [0.5, 0.6) is 23.0 Å². The molecule has 34 heavy (non-hydrogen) atoms. The van der Waals surface area contributed by atoms with Crippen molar-refractivity contribution in [1.82, 2.24) is 9.97 Å². The number of pyridine rings is 1. The minimum absolute atomic E-state index is 0.297. The van der Waals surface area contributed by atoms with E-state index in [1.807, 2.05) is 17.5 Å². The molecule has 2 aromatic carbocycles. The fraction of sp³-hybridized carbons (Fsp3) is 0.160. The zero-order valence-electron chi connectivity index (χ0n) is 18.7. The van der Waals surface area contributed by atoms with Crippen LogP contribution in [0.25, 0.3) is 0 Å². The number of anilines is 1. The van der Waals surface area contributed by atoms with Crippen LogP contribution >= 0.6 is 11.3 Å². The van der Waals surface area contributed by atoms with E-state index in [9.17, 15) is 4.79 Å². The maximum atomic E-state index is 12.9. The van der Waals surface area contributed by atoms with Crippen LogP contribution in [-0.4, -0.2) is 30.1 Å². The molecule has 1 N–H and O–H groups in total. The van der Waals surface area contributed by atoms with E-state index < -0.39 is 0 Å². The molecule has 8 nitrogen and oxygen atoms in total. The molecule has 0 saturated heterocycles. The minimum Gasteiger partial charge on any atom is -0.493 e. The normalized spacial score (nSPS) is 10.4. The van der Waals surface area contributed by atoms with Crippen molar-refractivity contribution in [3.05, 3.63) is 88.6 Å². The molecule has 9 heteroatoms. The summed E-state index contributed by atoms with van der Waals surface area (Å²) in [6.07, 6.45) is 3.41. The second kappa shape index (κ2) is 11.2. The second-order valence-electron chi connectivity index (χ2n) is 7.10. The van der Waals surface area contributed by atoms with Crippen LogP contribution in [0.4, 0.5) is 5.69 Å². The van der Waals surface area contributed by atoms with Crippen molar-refractivity contribution in [2.45, 2.75) is 13.2 Å². The van der Waals surface area contributed by atoms with Crippen LogP contribution in [0.2, 0.25) is 0 Å². The average molecular weight is 478 g/mol. The summed E-state index contributed by atoms with van der Waals surface area (Å²) >= 11 is 1.50. The number of carbonyl (C=O) groups excluding carboxylic acids is 1. The van der Waals surface area contributed by atoms with Gasteiger partial charge in [-0.25, -0.2) is 4.98 Å². The third kappa shape index (κ3) is 5.81. The molecular weight excluding hydrogens is 454 g/mol. The van der Waals surface area contributed by atoms with Crippen LogP contribution in [0, 0.1) is 0 Å². The van der Waals surface area contributed by atoms with Gasteiger partial charge in [-0.15, -0.1) is 11.3 Å². The summed E-state index contributed by atoms with van der Waals surface area (Å²) in [7, 11) is 3.10. The number of ether oxygens (including phenoxy) is 4. The van der Waals surface area contributed by atoms with Gasteiger partial charge in [0.15, 0.2) is 23.0 Å². The number of nitrogens with zero attached hydrogens (tertiary/aromatic N) is 2. The Kier molecular flexibility index (Phi) is 7.56. The molecule has 0 spiro atoms. The first-order valence-electron chi connectivity index (χ1n) is 10.3. The number of amides is 1. The summed E-state index contributed by atoms with van der Waals surface area (Å²) in [6, 6.07) is 14.0. The summed E-state index contributed by atoms with van der Waals surface area (Å²) in [5.41, 5.74) is 4.54. The van der Waals surface area contributed by atoms with Crippen molar-refractivity contribution in [2.75, 3.05) is 19.5 Å². The maximum Gasteiger partial charge on any atom is 0.255 e. The summed E-state index contributed by atoms with van der Waals surface area (Å²) in [4.78, 5) is 21.1. The summed E-state index contributed by atoms with van der Waals surface area (Å²) < 4.78 is 22.5. The number of rotatable bonds is 10. The smallest absolute Gasteiger partial charge is 0.255 e. The highest BCUT2D eigenvalue weighted by molar-refractivity contribution is 7.07. The van der Waals surface area contributed by atoms with Crippen LogP contribution in [0.3, 0.4) is 0 Å². The molecule has 4 rings (SSSR count). The zero-order valence-corrected chi connectivity index (χ0v) is 19.5. The summed E-state index contributed by atoms with van der Waals surface area (Å²) in [6.45, 7) is 0.662. The zero-order chi connectivity index (χ0) is 23.8. The number of carbonyl (C=O) groups is 1. The molecule has 0 unspecified atom stereocenters. The summed E-state index contributed by atoms with van der Waals surface area (Å²) in [5.74, 6) is 1.77. The Hall–Kier alpha value is -4.11. The molecule has 0 aliphatic rings. The van der Waals surface area contributed by atoms with E-state index in [4.69, 9.17) is 18.9 Å². The highest BCUT2D eigenvalue weighted by Crippen LogP contribution is 2.32. The molecule has 0 saturated carbocycles. The lowest BCUT2D eigenvalue weighted by Crippen LogP contribution is -2.12. The van der Waals surface area contributed by atoms with Gasteiger partial charge in [0.1, 0.15) is 13.2 Å². The quantitative estimate of drug-likeness (QED) is 0.345. The maximum absolute atomic E-state index is 12.9. The van der Waals surface area contributed by atoms with Gasteiger partial charge >= 0.3 is 0 Å². The Bertz CT molecular complexity index is 1230. The Balaban J connectivity index is 1.45. The first kappa shape index (κ1) is 23.1. The summed E-state index contributed by atoms with van der Waals surface area (Å²) in [5, 5.41) is 4.80. The predicted molar refractivity (Wildman–Crippen MR) is 129 cm³/mol. The van der Waals surface area contributed by atoms with Crippen molar-refractivity contribution in [3.63, 3.8) is 0 Å². The molecule has 0 radical (unpaired) electrons. The SMILES string of the molecule is COc1ccc(NC(=O)c2ccc(OCc3cscn3)c(OC)c2)cc1OCc1ccncc1. The molecule has 4 aromatic rings. The fourth-order valence-electron chi connectivity index (χ4n) is 3.10. The highest BCUT2D eigenvalue weighted by atomic mass is 32.1. The average Bonchev–Trinajstić information content (AvgIpc) is 3.40. The molecule has 174 valence electrons. The van der Waals surface area contributed by atoms with Crippen LogP contribution in [0.15, 0.2) is 71.8 Å². The Morgan fingerprint density at radius 2 is 1.65 bits per heavy atom. The van der Waals surface area contributed by atoms with Crippen molar-refractivity contribution in [2.24, 2.45) is 0 Å². The van der Waals surface area contributed by atoms with Crippen molar-refractivity contribution in [3.8, 4) is 23.0 Å². The van der Waals surface area contributed by atoms with E-state index in [1.165, 1.54) is 18.4 Å². The van der Waals surface area contributed by atoms with Crippen LogP contribution in [0.1, 0.15) is 21.6 Å². The number of hydrogen-bond donors (Lipinski definition) is 1. The number of methoxy groups -OCH3 is 2. The van der Waals surface area contributed by atoms with Gasteiger partial charge < -0.3 is 24.3 Å². The largest absolute Gasteiger partial charge is 0.493 e. The van der Waals surface area contributed by atoms with E-state index in [-0.39, 0.29) is 5.91 Å². The van der Waals surface area contributed by atoms with Gasteiger partial charge in [0, 0.05) is 35.1 Å². The molecule has 0 atom stereocenters. The van der Waals surface area contributed by atoms with Gasteiger partial charge in [-0.3, -0.25) is 9.78 Å². The third-order valence-electron chi connectivity index (χ3n) is 4.85. The van der Waals surface area contributed by atoms with Crippen molar-refractivity contribution >= 4 is 22.9 Å². The van der Waals surface area contributed by atoms with E-state index in [1.54, 1.807) is 61.4 Å². The highest BCUT2D eigenvalue weighted by Gasteiger charge is 2.14. The molecule has 0 bridgehead atoms. The number of nitrogens with one attached hydrogen (secondary N) is 1. The topological polar surface area (TPSA) is 91.8 Å². The van der Waals surface area contributed by atoms with Crippen molar-refractivity contribution in [1.29, 1.82) is 0 Å². The van der Waals surface area contributed by atoms with Crippen molar-refractivity contribution < 1.29 is 23.7 Å². The van der Waals surface area contributed by atoms with Gasteiger partial charge in [-0.1, -0.05) is 0 Å². The van der Waals surface area contributed by atoms with E-state index in [0.717, 1.165) is 11.3 Å². The lowest BCUT2D eigenvalue weighted by Gasteiger charge is -2.14. The predicted octanol–water partition coefficient (Wildman–Crippen LogP) is 4.97. The first-order valence-corrected chi connectivity index (χ1v) is 11.3. The van der Waals surface area contributed by atoms with E-state index in [0.29, 0.717) is 47.5 Å². The van der Waals surface area contributed by atoms with Gasteiger partial charge in [0.05, 0.1) is 25.4 Å². The number of hydrogen-bond acceptors (Lipinski definition) is 8. The molecular formula is C25H23N3O5S. The molecule has 2 heterocycles. The molecule has 0 aliphatic heterocycles. The van der Waals surface area contributed by atoms with E-state index in [2.05, 4.69) is 15.3 Å². The number of thiazole rings is 1. The molecule has 0 aliphatic carbocycles. The fourth-order valence-corrected chi connectivity index (χ4v) is 3.64. The van der Waals surface area contributed by atoms with Gasteiger partial charge in [0.25, 0.3) is 5.91 Å². The third-order valence-corrected chi connectivity index (χ3v) is 5.49. The Morgan fingerprint density at radius 1 is 0.882 bits per heavy atom. The first-order chi connectivity index (χ1) is 16.7. The molecule has 0 fully saturated rings. The lowest BCUT2D eigenvalue weighted by molar-refractivity contribution is 0.102. The second-order valence-corrected chi connectivity index (χ2v) is 7.82. The number of benzene rings is 2. The standard InChI is InChI=1S/C25H23N3O5S/c1-30-21-6-4-19(12-24(21)32-13-17-7-9-26-10-8-17)28-25(29)18-3-5-22(23(11-18)31-2)33-14-20-15-34-16-27-20/h3-12,15-16H,13-14H2,1-2H3,(H,28,29). The molecule has 2 aromatic heterocycles. The van der Waals surface area contributed by atoms with E-state index >= 15 is 0 Å². The minimum atomic E-state index is -0.297. The van der Waals surface area contributed by atoms with Crippen LogP contribution < -0.4 is 24.3 Å². The van der Waals surface area contributed by atoms with Gasteiger partial charge in [-0.2, -0.15) is 0 Å². The van der Waals surface area contributed by atoms with Gasteiger partial charge in [-0.05, 0) is 48.0 Å².